The lowest BCUT2D eigenvalue weighted by Crippen LogP contribution is -2.42. The van der Waals surface area contributed by atoms with Crippen LogP contribution in [0, 0.1) is 11.8 Å². The molecule has 0 unspecified atom stereocenters. The smallest absolute Gasteiger partial charge is 0.366 e. The highest BCUT2D eigenvalue weighted by molar-refractivity contribution is 5.43. The van der Waals surface area contributed by atoms with Crippen LogP contribution in [0.25, 0.3) is 0 Å². The summed E-state index contributed by atoms with van der Waals surface area (Å²) in [6.07, 6.45) is -11.2. The van der Waals surface area contributed by atoms with Crippen LogP contribution in [-0.2, 0) is 9.47 Å². The minimum Gasteiger partial charge on any atom is -0.366 e. The molecule has 0 aliphatic carbocycles. The molecule has 0 radical (unpaired) electrons. The molecule has 4 aliphatic heterocycles. The molecule has 0 aromatic carbocycles. The molecule has 6 atom stereocenters. The van der Waals surface area contributed by atoms with Crippen molar-refractivity contribution in [2.45, 2.75) is 36.8 Å². The van der Waals surface area contributed by atoms with E-state index in [4.69, 9.17) is 9.47 Å². The minimum absolute atomic E-state index is 0.577. The third kappa shape index (κ3) is 1.38. The predicted molar refractivity (Wildman–Crippen MR) is 52.6 cm³/mol. The van der Waals surface area contributed by atoms with E-state index in [9.17, 15) is 26.3 Å². The molecule has 8 heteroatoms. The molecule has 4 rings (SSSR count). The van der Waals surface area contributed by atoms with Gasteiger partial charge in [-0.2, -0.15) is 26.3 Å². The van der Waals surface area contributed by atoms with E-state index in [-0.39, 0.29) is 0 Å². The number of hydrogen-bond donors (Lipinski definition) is 0. The lowest BCUT2D eigenvalue weighted by molar-refractivity contribution is -0.121. The van der Waals surface area contributed by atoms with Gasteiger partial charge in [-0.1, -0.05) is 12.2 Å². The number of rotatable bonds is 0. The zero-order chi connectivity index (χ0) is 14.4. The second kappa shape index (κ2) is 3.41. The van der Waals surface area contributed by atoms with Crippen LogP contribution in [0.4, 0.5) is 26.3 Å². The van der Waals surface area contributed by atoms with Gasteiger partial charge < -0.3 is 9.47 Å². The Labute approximate surface area is 109 Å². The molecule has 2 nitrogen and oxygen atoms in total. The summed E-state index contributed by atoms with van der Waals surface area (Å²) in [5.41, 5.74) is -3.14. The number of alkyl halides is 6. The van der Waals surface area contributed by atoms with E-state index in [1.54, 1.807) is 12.2 Å². The van der Waals surface area contributed by atoms with Gasteiger partial charge >= 0.3 is 12.4 Å². The Morgan fingerprint density at radius 2 is 1.10 bits per heavy atom. The Hall–Kier alpha value is -1.02. The Morgan fingerprint density at radius 1 is 0.700 bits per heavy atom. The molecule has 2 fully saturated rings. The van der Waals surface area contributed by atoms with E-state index in [1.165, 1.54) is 0 Å². The molecule has 4 heterocycles. The maximum atomic E-state index is 13.0. The highest BCUT2D eigenvalue weighted by Gasteiger charge is 2.70. The zero-order valence-electron chi connectivity index (χ0n) is 9.70. The van der Waals surface area contributed by atoms with Crippen molar-refractivity contribution in [3.8, 4) is 0 Å². The van der Waals surface area contributed by atoms with Crippen LogP contribution < -0.4 is 0 Å². The lowest BCUT2D eigenvalue weighted by Gasteiger charge is -2.31. The second-order valence-electron chi connectivity index (χ2n) is 5.41. The van der Waals surface area contributed by atoms with Crippen LogP contribution in [0.15, 0.2) is 23.3 Å². The SMILES string of the molecule is FC(F)(F)C1=C(C(F)(F)F)[C@@H]2O[C@H]1[C@@H]1[C@H]2[C@H]2C=C[C@@H]1O2. The van der Waals surface area contributed by atoms with Crippen LogP contribution in [-0.4, -0.2) is 36.8 Å². The van der Waals surface area contributed by atoms with Crippen molar-refractivity contribution in [3.05, 3.63) is 23.3 Å². The molecule has 0 N–H and O–H groups in total. The zero-order valence-corrected chi connectivity index (χ0v) is 9.70. The molecule has 0 spiro atoms. The van der Waals surface area contributed by atoms with Crippen LogP contribution in [0.2, 0.25) is 0 Å². The first kappa shape index (κ1) is 12.7. The van der Waals surface area contributed by atoms with Gasteiger partial charge in [-0.05, 0) is 0 Å². The van der Waals surface area contributed by atoms with Gasteiger partial charge in [0.25, 0.3) is 0 Å². The van der Waals surface area contributed by atoms with Gasteiger partial charge in [0, 0.05) is 11.8 Å². The maximum Gasteiger partial charge on any atom is 0.415 e. The highest BCUT2D eigenvalue weighted by atomic mass is 19.4. The molecule has 2 saturated heterocycles. The summed E-state index contributed by atoms with van der Waals surface area (Å²) in [6, 6.07) is 0. The third-order valence-corrected chi connectivity index (χ3v) is 4.47. The average Bonchev–Trinajstić information content (AvgIpc) is 3.03. The van der Waals surface area contributed by atoms with E-state index in [0.29, 0.717) is 0 Å². The predicted octanol–water partition coefficient (Wildman–Crippen LogP) is 2.76. The van der Waals surface area contributed by atoms with E-state index in [2.05, 4.69) is 0 Å². The quantitative estimate of drug-likeness (QED) is 0.506. The van der Waals surface area contributed by atoms with E-state index < -0.39 is 59.8 Å². The van der Waals surface area contributed by atoms with Gasteiger partial charge in [0.2, 0.25) is 0 Å². The summed E-state index contributed by atoms with van der Waals surface area (Å²) in [7, 11) is 0. The topological polar surface area (TPSA) is 18.5 Å². The summed E-state index contributed by atoms with van der Waals surface area (Å²) in [5, 5.41) is 0. The number of halogens is 6. The molecule has 110 valence electrons. The molecular weight excluding hydrogens is 290 g/mol. The summed E-state index contributed by atoms with van der Waals surface area (Å²) >= 11 is 0. The van der Waals surface area contributed by atoms with Gasteiger partial charge in [-0.25, -0.2) is 0 Å². The molecule has 0 saturated carbocycles. The monoisotopic (exact) mass is 298 g/mol. The summed E-state index contributed by atoms with van der Waals surface area (Å²) < 4.78 is 88.5. The fraction of sp³-hybridized carbons (Fsp3) is 0.667. The standard InChI is InChI=1S/C12H8F6O2/c13-11(14,15)7-8(12(16,17)18)10-6-4-2-1-3(19-4)5(6)9(7)20-10/h1-6,9-10H/t3-,4+,5-,6+,9-,10+. The van der Waals surface area contributed by atoms with Gasteiger partial charge in [0.15, 0.2) is 0 Å². The van der Waals surface area contributed by atoms with Crippen molar-refractivity contribution in [1.29, 1.82) is 0 Å². The fourth-order valence-electron chi connectivity index (χ4n) is 3.91. The molecule has 20 heavy (non-hydrogen) atoms. The highest BCUT2D eigenvalue weighted by Crippen LogP contribution is 2.61. The van der Waals surface area contributed by atoms with Crippen LogP contribution in [0.1, 0.15) is 0 Å². The maximum absolute atomic E-state index is 13.0. The molecule has 0 amide bonds. The number of fused-ring (bicyclic) bond motifs is 9. The van der Waals surface area contributed by atoms with Gasteiger partial charge in [-0.3, -0.25) is 0 Å². The molecular formula is C12H8F6O2. The Kier molecular flexibility index (Phi) is 2.17. The first-order valence-corrected chi connectivity index (χ1v) is 6.07. The Balaban J connectivity index is 1.85. The second-order valence-corrected chi connectivity index (χ2v) is 5.41. The first-order valence-electron chi connectivity index (χ1n) is 6.07. The Morgan fingerprint density at radius 3 is 1.45 bits per heavy atom. The Bertz CT molecular complexity index is 487. The van der Waals surface area contributed by atoms with Crippen molar-refractivity contribution in [2.24, 2.45) is 11.8 Å². The van der Waals surface area contributed by atoms with Crippen LogP contribution in [0.3, 0.4) is 0 Å². The van der Waals surface area contributed by atoms with Crippen LogP contribution >= 0.6 is 0 Å². The molecule has 0 aromatic rings. The minimum atomic E-state index is -5.04. The lowest BCUT2D eigenvalue weighted by atomic mass is 9.70. The first-order chi connectivity index (χ1) is 9.19. The summed E-state index contributed by atoms with van der Waals surface area (Å²) in [6.45, 7) is 0. The normalized spacial score (nSPS) is 45.7. The van der Waals surface area contributed by atoms with Gasteiger partial charge in [0.1, 0.15) is 0 Å². The van der Waals surface area contributed by atoms with Crippen molar-refractivity contribution >= 4 is 0 Å². The van der Waals surface area contributed by atoms with E-state index in [0.717, 1.165) is 0 Å². The largest absolute Gasteiger partial charge is 0.415 e. The van der Waals surface area contributed by atoms with Crippen molar-refractivity contribution in [3.63, 3.8) is 0 Å². The number of ether oxygens (including phenoxy) is 2. The molecule has 0 aromatic heterocycles. The van der Waals surface area contributed by atoms with Crippen molar-refractivity contribution in [1.82, 2.24) is 0 Å². The van der Waals surface area contributed by atoms with Gasteiger partial charge in [-0.15, -0.1) is 0 Å². The van der Waals surface area contributed by atoms with E-state index in [1.807, 2.05) is 0 Å². The van der Waals surface area contributed by atoms with Crippen LogP contribution in [0.5, 0.6) is 0 Å². The van der Waals surface area contributed by atoms with Gasteiger partial charge in [0.05, 0.1) is 35.6 Å². The molecule has 4 bridgehead atoms. The third-order valence-electron chi connectivity index (χ3n) is 4.47. The van der Waals surface area contributed by atoms with E-state index >= 15 is 0 Å². The summed E-state index contributed by atoms with van der Waals surface area (Å²) in [5.74, 6) is -1.34. The average molecular weight is 298 g/mol. The summed E-state index contributed by atoms with van der Waals surface area (Å²) in [4.78, 5) is 0. The fourth-order valence-corrected chi connectivity index (χ4v) is 3.91. The molecule has 4 aliphatic rings. The van der Waals surface area contributed by atoms with Crippen molar-refractivity contribution < 1.29 is 35.8 Å². The van der Waals surface area contributed by atoms with Crippen molar-refractivity contribution in [2.75, 3.05) is 0 Å². The number of hydrogen-bond acceptors (Lipinski definition) is 2.